The lowest BCUT2D eigenvalue weighted by Crippen LogP contribution is -2.27. The van der Waals surface area contributed by atoms with Gasteiger partial charge in [0.05, 0.1) is 5.56 Å². The number of halogens is 2. The van der Waals surface area contributed by atoms with Crippen molar-refractivity contribution in [3.05, 3.63) is 78.0 Å². The number of hydrogen-bond acceptors (Lipinski definition) is 4. The van der Waals surface area contributed by atoms with Crippen molar-refractivity contribution in [1.29, 1.82) is 0 Å². The number of aromatic nitrogens is 3. The molecule has 0 saturated heterocycles. The Balaban J connectivity index is 1.58. The summed E-state index contributed by atoms with van der Waals surface area (Å²) >= 11 is 0.267. The number of thioether (sulfide) groups is 1. The van der Waals surface area contributed by atoms with Gasteiger partial charge in [0.25, 0.3) is 11.7 Å². The van der Waals surface area contributed by atoms with Gasteiger partial charge in [0, 0.05) is 38.1 Å². The third-order valence-electron chi connectivity index (χ3n) is 3.85. The van der Waals surface area contributed by atoms with Gasteiger partial charge in [-0.3, -0.25) is 4.79 Å². The van der Waals surface area contributed by atoms with Gasteiger partial charge >= 0.3 is 0 Å². The van der Waals surface area contributed by atoms with Crippen molar-refractivity contribution >= 4 is 17.7 Å². The van der Waals surface area contributed by atoms with E-state index >= 15 is 0 Å². The summed E-state index contributed by atoms with van der Waals surface area (Å²) < 4.78 is 27.2. The van der Waals surface area contributed by atoms with Crippen LogP contribution in [-0.4, -0.2) is 32.7 Å². The Morgan fingerprint density at radius 2 is 1.93 bits per heavy atom. The van der Waals surface area contributed by atoms with Gasteiger partial charge in [-0.15, -0.1) is 0 Å². The van der Waals surface area contributed by atoms with E-state index in [1.165, 1.54) is 12.3 Å². The standard InChI is InChI=1S/C19H18F2N4OS/c20-19(21)27-18-15(7-4-9-24-18)17(26)23-10-8-16-22-11-12-25(16)13-14-5-2-1-3-6-14/h1-7,9,11-12,19H,8,10,13H2,(H,23,26). The van der Waals surface area contributed by atoms with E-state index in [1.807, 2.05) is 41.1 Å². The summed E-state index contributed by atoms with van der Waals surface area (Å²) in [6.45, 7) is 1.04. The van der Waals surface area contributed by atoms with Crippen LogP contribution in [0.15, 0.2) is 66.1 Å². The SMILES string of the molecule is O=C(NCCc1nccn1Cc1ccccc1)c1cccnc1SC(F)F. The predicted octanol–water partition coefficient (Wildman–Crippen LogP) is 3.61. The van der Waals surface area contributed by atoms with Crippen molar-refractivity contribution in [2.24, 2.45) is 0 Å². The van der Waals surface area contributed by atoms with E-state index in [-0.39, 0.29) is 22.4 Å². The molecule has 0 spiro atoms. The van der Waals surface area contributed by atoms with Crippen LogP contribution in [-0.2, 0) is 13.0 Å². The molecule has 0 radical (unpaired) electrons. The fourth-order valence-corrected chi connectivity index (χ4v) is 3.20. The summed E-state index contributed by atoms with van der Waals surface area (Å²) in [5.74, 6) is -2.21. The molecule has 0 aliphatic carbocycles. The van der Waals surface area contributed by atoms with Crippen LogP contribution in [0.4, 0.5) is 8.78 Å². The zero-order chi connectivity index (χ0) is 19.1. The number of imidazole rings is 1. The van der Waals surface area contributed by atoms with Crippen LogP contribution in [0.25, 0.3) is 0 Å². The van der Waals surface area contributed by atoms with Gasteiger partial charge in [0.2, 0.25) is 0 Å². The molecule has 0 aliphatic heterocycles. The first kappa shape index (κ1) is 19.0. The first-order valence-corrected chi connectivity index (χ1v) is 9.23. The highest BCUT2D eigenvalue weighted by atomic mass is 32.2. The minimum absolute atomic E-state index is 0.0237. The van der Waals surface area contributed by atoms with Crippen molar-refractivity contribution in [2.75, 3.05) is 6.54 Å². The van der Waals surface area contributed by atoms with Crippen LogP contribution >= 0.6 is 11.8 Å². The number of pyridine rings is 1. The van der Waals surface area contributed by atoms with Crippen molar-refractivity contribution in [3.8, 4) is 0 Å². The summed E-state index contributed by atoms with van der Waals surface area (Å²) in [7, 11) is 0. The van der Waals surface area contributed by atoms with Crippen molar-refractivity contribution in [2.45, 2.75) is 23.7 Å². The van der Waals surface area contributed by atoms with Gasteiger partial charge in [-0.05, 0) is 29.5 Å². The number of carbonyl (C=O) groups is 1. The molecule has 2 heterocycles. The van der Waals surface area contributed by atoms with Crippen molar-refractivity contribution in [3.63, 3.8) is 0 Å². The molecule has 1 N–H and O–H groups in total. The Bertz CT molecular complexity index is 886. The highest BCUT2D eigenvalue weighted by molar-refractivity contribution is 7.99. The topological polar surface area (TPSA) is 59.8 Å². The largest absolute Gasteiger partial charge is 0.352 e. The van der Waals surface area contributed by atoms with E-state index in [0.717, 1.165) is 11.4 Å². The number of nitrogens with zero attached hydrogens (tertiary/aromatic N) is 3. The van der Waals surface area contributed by atoms with E-state index in [0.29, 0.717) is 19.5 Å². The van der Waals surface area contributed by atoms with E-state index in [4.69, 9.17) is 0 Å². The Labute approximate surface area is 159 Å². The maximum atomic E-state index is 12.6. The van der Waals surface area contributed by atoms with Crippen molar-refractivity contribution in [1.82, 2.24) is 19.9 Å². The molecule has 8 heteroatoms. The van der Waals surface area contributed by atoms with E-state index in [2.05, 4.69) is 15.3 Å². The Morgan fingerprint density at radius 3 is 2.70 bits per heavy atom. The molecule has 1 aromatic carbocycles. The average molecular weight is 388 g/mol. The van der Waals surface area contributed by atoms with Gasteiger partial charge in [-0.25, -0.2) is 9.97 Å². The van der Waals surface area contributed by atoms with E-state index < -0.39 is 11.7 Å². The van der Waals surface area contributed by atoms with Gasteiger partial charge in [0.15, 0.2) is 0 Å². The Morgan fingerprint density at radius 1 is 1.11 bits per heavy atom. The highest BCUT2D eigenvalue weighted by Gasteiger charge is 2.16. The molecule has 5 nitrogen and oxygen atoms in total. The molecule has 0 fully saturated rings. The van der Waals surface area contributed by atoms with Crippen LogP contribution in [0.3, 0.4) is 0 Å². The Kier molecular flexibility index (Phi) is 6.54. The number of rotatable bonds is 8. The summed E-state index contributed by atoms with van der Waals surface area (Å²) in [5.41, 5.74) is 1.31. The molecule has 27 heavy (non-hydrogen) atoms. The maximum absolute atomic E-state index is 12.6. The lowest BCUT2D eigenvalue weighted by atomic mass is 10.2. The molecule has 0 aliphatic rings. The van der Waals surface area contributed by atoms with Crippen molar-refractivity contribution < 1.29 is 13.6 Å². The number of alkyl halides is 2. The second-order valence-corrected chi connectivity index (χ2v) is 6.68. The molecule has 2 aromatic heterocycles. The summed E-state index contributed by atoms with van der Waals surface area (Å²) in [6.07, 6.45) is 5.53. The number of carbonyl (C=O) groups excluding carboxylic acids is 1. The third kappa shape index (κ3) is 5.37. The van der Waals surface area contributed by atoms with Gasteiger partial charge < -0.3 is 9.88 Å². The third-order valence-corrected chi connectivity index (χ3v) is 4.57. The monoisotopic (exact) mass is 388 g/mol. The average Bonchev–Trinajstić information content (AvgIpc) is 3.09. The Hall–Kier alpha value is -2.74. The molecule has 140 valence electrons. The lowest BCUT2D eigenvalue weighted by molar-refractivity contribution is 0.0950. The molecule has 3 rings (SSSR count). The van der Waals surface area contributed by atoms with Crippen LogP contribution in [0.1, 0.15) is 21.7 Å². The molecule has 0 bridgehead atoms. The first-order chi connectivity index (χ1) is 13.1. The number of benzene rings is 1. The molecular formula is C19H18F2N4OS. The van der Waals surface area contributed by atoms with Gasteiger partial charge in [-0.1, -0.05) is 30.3 Å². The van der Waals surface area contributed by atoms with Crippen LogP contribution in [0.2, 0.25) is 0 Å². The zero-order valence-corrected chi connectivity index (χ0v) is 15.2. The molecule has 0 saturated carbocycles. The summed E-state index contributed by atoms with van der Waals surface area (Å²) in [6, 6.07) is 13.0. The normalized spacial score (nSPS) is 10.9. The van der Waals surface area contributed by atoms with Gasteiger partial charge in [-0.2, -0.15) is 8.78 Å². The van der Waals surface area contributed by atoms with E-state index in [9.17, 15) is 13.6 Å². The summed E-state index contributed by atoms with van der Waals surface area (Å²) in [5, 5.41) is 2.78. The second-order valence-electron chi connectivity index (χ2n) is 5.70. The maximum Gasteiger partial charge on any atom is 0.290 e. The quantitative estimate of drug-likeness (QED) is 0.599. The number of nitrogens with one attached hydrogen (secondary N) is 1. The fourth-order valence-electron chi connectivity index (χ4n) is 2.62. The molecule has 0 atom stereocenters. The molecule has 0 unspecified atom stereocenters. The van der Waals surface area contributed by atoms with Gasteiger partial charge in [0.1, 0.15) is 10.9 Å². The molecule has 1 amide bonds. The summed E-state index contributed by atoms with van der Waals surface area (Å²) in [4.78, 5) is 20.5. The van der Waals surface area contributed by atoms with Crippen LogP contribution in [0, 0.1) is 0 Å². The van der Waals surface area contributed by atoms with Crippen LogP contribution in [0.5, 0.6) is 0 Å². The van der Waals surface area contributed by atoms with E-state index in [1.54, 1.807) is 12.3 Å². The smallest absolute Gasteiger partial charge is 0.290 e. The molecular weight excluding hydrogens is 370 g/mol. The highest BCUT2D eigenvalue weighted by Crippen LogP contribution is 2.26. The second kappa shape index (κ2) is 9.27. The number of amides is 1. The minimum atomic E-state index is -2.63. The fraction of sp³-hybridized carbons (Fsp3) is 0.211. The minimum Gasteiger partial charge on any atom is -0.352 e. The zero-order valence-electron chi connectivity index (χ0n) is 14.4. The lowest BCUT2D eigenvalue weighted by Gasteiger charge is -2.10. The molecule has 3 aromatic rings. The van der Waals surface area contributed by atoms with Crippen LogP contribution < -0.4 is 5.32 Å². The predicted molar refractivity (Wildman–Crippen MR) is 99.9 cm³/mol. The number of hydrogen-bond donors (Lipinski definition) is 1. The first-order valence-electron chi connectivity index (χ1n) is 8.35.